The zero-order chi connectivity index (χ0) is 18.4. The van der Waals surface area contributed by atoms with Crippen LogP contribution in [0.15, 0.2) is 48.3 Å². The molecule has 1 saturated carbocycles. The van der Waals surface area contributed by atoms with Crippen LogP contribution in [0.5, 0.6) is 0 Å². The topological polar surface area (TPSA) is 28.7 Å². The molecule has 2 heterocycles. The zero-order valence-electron chi connectivity index (χ0n) is 15.7. The number of rotatable bonds is 3. The van der Waals surface area contributed by atoms with Crippen LogP contribution in [0, 0.1) is 5.92 Å². The highest BCUT2D eigenvalue weighted by molar-refractivity contribution is 6.32. The van der Waals surface area contributed by atoms with Gasteiger partial charge in [-0.2, -0.15) is 0 Å². The Morgan fingerprint density at radius 3 is 2.78 bits per heavy atom. The van der Waals surface area contributed by atoms with Crippen LogP contribution in [-0.2, 0) is 0 Å². The standard InChI is InChI=1S/C24H25ClN2/c1-15-13-17-9-5-6-10-18(17)21(15)22(16-7-3-2-4-8-16)23-19-11-12-26-24(19)27-14-20(23)25/h5-6,9-14,16,21-22H,2-4,7-8H2,1H3,(H,26,27). The van der Waals surface area contributed by atoms with Crippen molar-refractivity contribution in [2.45, 2.75) is 50.9 Å². The van der Waals surface area contributed by atoms with Gasteiger partial charge in [-0.05, 0) is 54.4 Å². The van der Waals surface area contributed by atoms with Crippen LogP contribution >= 0.6 is 11.6 Å². The zero-order valence-corrected chi connectivity index (χ0v) is 16.5. The van der Waals surface area contributed by atoms with Gasteiger partial charge in [-0.1, -0.05) is 66.8 Å². The second kappa shape index (κ2) is 6.83. The first-order valence-corrected chi connectivity index (χ1v) is 10.5. The summed E-state index contributed by atoms with van der Waals surface area (Å²) in [6.45, 7) is 2.30. The summed E-state index contributed by atoms with van der Waals surface area (Å²) in [7, 11) is 0. The van der Waals surface area contributed by atoms with Gasteiger partial charge in [0.05, 0.1) is 5.02 Å². The molecule has 0 amide bonds. The fourth-order valence-corrected chi connectivity index (χ4v) is 5.77. The number of nitrogens with zero attached hydrogens (tertiary/aromatic N) is 1. The van der Waals surface area contributed by atoms with Crippen molar-refractivity contribution in [2.24, 2.45) is 5.92 Å². The molecule has 1 fully saturated rings. The molecule has 2 aliphatic carbocycles. The number of aromatic nitrogens is 2. The molecule has 1 aromatic carbocycles. The van der Waals surface area contributed by atoms with Crippen LogP contribution < -0.4 is 0 Å². The van der Waals surface area contributed by atoms with Gasteiger partial charge in [0.2, 0.25) is 0 Å². The molecule has 5 rings (SSSR count). The van der Waals surface area contributed by atoms with E-state index in [1.807, 2.05) is 12.4 Å². The number of aromatic amines is 1. The molecule has 27 heavy (non-hydrogen) atoms. The number of allylic oxidation sites excluding steroid dienone is 1. The number of hydrogen-bond donors (Lipinski definition) is 1. The average Bonchev–Trinajstić information content (AvgIpc) is 3.29. The third-order valence-corrected chi connectivity index (χ3v) is 6.94. The molecule has 1 N–H and O–H groups in total. The van der Waals surface area contributed by atoms with Gasteiger partial charge in [0.15, 0.2) is 0 Å². The van der Waals surface area contributed by atoms with E-state index in [-0.39, 0.29) is 0 Å². The molecule has 0 bridgehead atoms. The average molecular weight is 377 g/mol. The fourth-order valence-electron chi connectivity index (χ4n) is 5.49. The van der Waals surface area contributed by atoms with Crippen molar-refractivity contribution in [1.29, 1.82) is 0 Å². The third kappa shape index (κ3) is 2.82. The quantitative estimate of drug-likeness (QED) is 0.519. The number of halogens is 1. The smallest absolute Gasteiger partial charge is 0.137 e. The number of benzene rings is 1. The van der Waals surface area contributed by atoms with Crippen LogP contribution in [0.2, 0.25) is 5.02 Å². The highest BCUT2D eigenvalue weighted by Crippen LogP contribution is 2.53. The Morgan fingerprint density at radius 2 is 1.93 bits per heavy atom. The first-order chi connectivity index (χ1) is 13.2. The SMILES string of the molecule is CC1=Cc2ccccc2C1C(c1c(Cl)cnc2[nH]ccc12)C1CCCCC1. The minimum atomic E-state index is 0.402. The van der Waals surface area contributed by atoms with Crippen molar-refractivity contribution in [1.82, 2.24) is 9.97 Å². The molecule has 3 aromatic rings. The van der Waals surface area contributed by atoms with Gasteiger partial charge >= 0.3 is 0 Å². The van der Waals surface area contributed by atoms with E-state index in [4.69, 9.17) is 11.6 Å². The molecule has 0 saturated heterocycles. The normalized spacial score (nSPS) is 21.3. The Kier molecular flexibility index (Phi) is 4.32. The van der Waals surface area contributed by atoms with Gasteiger partial charge in [-0.3, -0.25) is 0 Å². The Bertz CT molecular complexity index is 1010. The van der Waals surface area contributed by atoms with E-state index in [1.54, 1.807) is 0 Å². The monoisotopic (exact) mass is 376 g/mol. The number of fused-ring (bicyclic) bond motifs is 2. The molecule has 0 radical (unpaired) electrons. The van der Waals surface area contributed by atoms with Crippen LogP contribution in [0.25, 0.3) is 17.1 Å². The summed E-state index contributed by atoms with van der Waals surface area (Å²) >= 11 is 6.83. The maximum absolute atomic E-state index is 6.83. The van der Waals surface area contributed by atoms with E-state index in [2.05, 4.69) is 53.3 Å². The molecule has 2 aromatic heterocycles. The Balaban J connectivity index is 1.72. The summed E-state index contributed by atoms with van der Waals surface area (Å²) in [5, 5.41) is 2.00. The highest BCUT2D eigenvalue weighted by atomic mass is 35.5. The van der Waals surface area contributed by atoms with E-state index in [0.717, 1.165) is 10.7 Å². The van der Waals surface area contributed by atoms with E-state index in [0.29, 0.717) is 17.8 Å². The lowest BCUT2D eigenvalue weighted by molar-refractivity contribution is 0.289. The molecule has 2 nitrogen and oxygen atoms in total. The van der Waals surface area contributed by atoms with Crippen LogP contribution in [0.1, 0.15) is 67.6 Å². The predicted molar refractivity (Wildman–Crippen MR) is 113 cm³/mol. The minimum Gasteiger partial charge on any atom is -0.346 e. The van der Waals surface area contributed by atoms with Crippen LogP contribution in [0.4, 0.5) is 0 Å². The number of hydrogen-bond acceptors (Lipinski definition) is 1. The van der Waals surface area contributed by atoms with Crippen LogP contribution in [0.3, 0.4) is 0 Å². The molecular formula is C24H25ClN2. The maximum Gasteiger partial charge on any atom is 0.137 e. The van der Waals surface area contributed by atoms with Crippen LogP contribution in [-0.4, -0.2) is 9.97 Å². The first kappa shape index (κ1) is 17.1. The summed E-state index contributed by atoms with van der Waals surface area (Å²) in [5.41, 5.74) is 6.54. The number of nitrogens with one attached hydrogen (secondary N) is 1. The number of pyridine rings is 1. The van der Waals surface area contributed by atoms with Gasteiger partial charge in [-0.15, -0.1) is 0 Å². The summed E-state index contributed by atoms with van der Waals surface area (Å²) in [6.07, 6.45) is 12.8. The first-order valence-electron chi connectivity index (χ1n) is 10.1. The predicted octanol–water partition coefficient (Wildman–Crippen LogP) is 7.08. The van der Waals surface area contributed by atoms with Gasteiger partial charge in [0, 0.05) is 23.7 Å². The Labute approximate surface area is 165 Å². The van der Waals surface area contributed by atoms with Gasteiger partial charge in [0.1, 0.15) is 5.65 Å². The van der Waals surface area contributed by atoms with E-state index >= 15 is 0 Å². The molecule has 0 aliphatic heterocycles. The third-order valence-electron chi connectivity index (χ3n) is 6.63. The van der Waals surface area contributed by atoms with E-state index < -0.39 is 0 Å². The van der Waals surface area contributed by atoms with Crippen molar-refractivity contribution in [3.05, 3.63) is 70.0 Å². The second-order valence-electron chi connectivity index (χ2n) is 8.18. The van der Waals surface area contributed by atoms with Gasteiger partial charge < -0.3 is 4.98 Å². The second-order valence-corrected chi connectivity index (χ2v) is 8.59. The number of H-pyrrole nitrogens is 1. The minimum absolute atomic E-state index is 0.402. The van der Waals surface area contributed by atoms with Gasteiger partial charge in [-0.25, -0.2) is 4.98 Å². The maximum atomic E-state index is 6.83. The van der Waals surface area contributed by atoms with Crippen molar-refractivity contribution >= 4 is 28.7 Å². The molecule has 2 atom stereocenters. The highest BCUT2D eigenvalue weighted by Gasteiger charge is 2.38. The summed E-state index contributed by atoms with van der Waals surface area (Å²) in [5.74, 6) is 1.47. The van der Waals surface area contributed by atoms with Crippen molar-refractivity contribution in [2.75, 3.05) is 0 Å². The largest absolute Gasteiger partial charge is 0.346 e. The molecular weight excluding hydrogens is 352 g/mol. The van der Waals surface area contributed by atoms with Gasteiger partial charge in [0.25, 0.3) is 0 Å². The van der Waals surface area contributed by atoms with E-state index in [9.17, 15) is 0 Å². The van der Waals surface area contributed by atoms with Crippen molar-refractivity contribution < 1.29 is 0 Å². The van der Waals surface area contributed by atoms with Crippen molar-refractivity contribution in [3.63, 3.8) is 0 Å². The lowest BCUT2D eigenvalue weighted by Crippen LogP contribution is -2.23. The lowest BCUT2D eigenvalue weighted by Gasteiger charge is -2.37. The summed E-state index contributed by atoms with van der Waals surface area (Å²) < 4.78 is 0. The fraction of sp³-hybridized carbons (Fsp3) is 0.375. The Morgan fingerprint density at radius 1 is 1.11 bits per heavy atom. The molecule has 3 heteroatoms. The molecule has 0 spiro atoms. The lowest BCUT2D eigenvalue weighted by atomic mass is 9.67. The van der Waals surface area contributed by atoms with E-state index in [1.165, 1.54) is 59.8 Å². The summed E-state index contributed by atoms with van der Waals surface area (Å²) in [6, 6.07) is 11.0. The molecule has 2 aliphatic rings. The summed E-state index contributed by atoms with van der Waals surface area (Å²) in [4.78, 5) is 7.80. The molecule has 138 valence electrons. The van der Waals surface area contributed by atoms with Crippen molar-refractivity contribution in [3.8, 4) is 0 Å². The molecule has 2 unspecified atom stereocenters. The Hall–Kier alpha value is -2.06.